The van der Waals surface area contributed by atoms with Gasteiger partial charge in [-0.1, -0.05) is 34.9 Å². The smallest absolute Gasteiger partial charge is 0.170 e. The van der Waals surface area contributed by atoms with Crippen molar-refractivity contribution in [1.29, 1.82) is 0 Å². The fourth-order valence-electron chi connectivity index (χ4n) is 1.76. The molecule has 0 fully saturated rings. The molecule has 0 unspecified atom stereocenters. The molecule has 0 radical (unpaired) electrons. The molecule has 0 aliphatic carbocycles. The second-order valence-electron chi connectivity index (χ2n) is 5.28. The zero-order chi connectivity index (χ0) is 15.6. The average molecular weight is 352 g/mol. The summed E-state index contributed by atoms with van der Waals surface area (Å²) in [4.78, 5) is 11.4. The van der Waals surface area contributed by atoms with Gasteiger partial charge in [0.2, 0.25) is 0 Å². The first-order chi connectivity index (χ1) is 9.88. The summed E-state index contributed by atoms with van der Waals surface area (Å²) in [6.45, 7) is 7.35. The van der Waals surface area contributed by atoms with Gasteiger partial charge in [-0.2, -0.15) is 0 Å². The molecule has 2 rings (SSSR count). The normalized spacial score (nSPS) is 12.5. The number of carbonyl (C=O) groups is 1. The van der Waals surface area contributed by atoms with Crippen molar-refractivity contribution in [3.8, 4) is 17.1 Å². The molecule has 0 N–H and O–H groups in total. The van der Waals surface area contributed by atoms with Crippen LogP contribution in [0.2, 0.25) is 0 Å². The summed E-state index contributed by atoms with van der Waals surface area (Å²) in [7, 11) is 0. The summed E-state index contributed by atoms with van der Waals surface area (Å²) in [5.74, 6) is 1.50. The minimum atomic E-state index is -0.502. The van der Waals surface area contributed by atoms with E-state index in [-0.39, 0.29) is 11.7 Å². The number of hydrogen-bond donors (Lipinski definition) is 0. The van der Waals surface area contributed by atoms with Gasteiger partial charge in [0, 0.05) is 10.5 Å². The van der Waals surface area contributed by atoms with Crippen molar-refractivity contribution in [1.82, 2.24) is 5.16 Å². The van der Waals surface area contributed by atoms with Gasteiger partial charge in [-0.05, 0) is 38.0 Å². The molecule has 0 aliphatic rings. The van der Waals surface area contributed by atoms with Gasteiger partial charge < -0.3 is 9.26 Å². The molecule has 21 heavy (non-hydrogen) atoms. The Kier molecular flexibility index (Phi) is 4.83. The van der Waals surface area contributed by atoms with Crippen LogP contribution in [0, 0.1) is 0 Å². The van der Waals surface area contributed by atoms with Crippen molar-refractivity contribution in [2.45, 2.75) is 39.7 Å². The second-order valence-corrected chi connectivity index (χ2v) is 6.20. The quantitative estimate of drug-likeness (QED) is 0.790. The lowest BCUT2D eigenvalue weighted by molar-refractivity contribution is -0.122. The summed E-state index contributed by atoms with van der Waals surface area (Å²) in [6, 6.07) is 7.48. The van der Waals surface area contributed by atoms with E-state index in [0.717, 1.165) is 15.7 Å². The maximum atomic E-state index is 11.4. The predicted molar refractivity (Wildman–Crippen MR) is 84.5 cm³/mol. The van der Waals surface area contributed by atoms with Crippen LogP contribution in [0.4, 0.5) is 0 Å². The Balaban J connectivity index is 2.40. The molecule has 2 aromatic rings. The van der Waals surface area contributed by atoms with Crippen molar-refractivity contribution in [2.75, 3.05) is 0 Å². The SMILES string of the molecule is CC(=O)[C@H](C)Oc1ccc(Br)cc1-c1cc(C(C)C)no1. The Labute approximate surface area is 132 Å². The third kappa shape index (κ3) is 3.73. The lowest BCUT2D eigenvalue weighted by atomic mass is 10.1. The number of ether oxygens (including phenoxy) is 1. The molecule has 5 heteroatoms. The highest BCUT2D eigenvalue weighted by Crippen LogP contribution is 2.34. The van der Waals surface area contributed by atoms with Crippen LogP contribution in [-0.4, -0.2) is 17.0 Å². The highest BCUT2D eigenvalue weighted by Gasteiger charge is 2.17. The first kappa shape index (κ1) is 15.8. The highest BCUT2D eigenvalue weighted by molar-refractivity contribution is 9.10. The van der Waals surface area contributed by atoms with Gasteiger partial charge in [-0.25, -0.2) is 0 Å². The molecule has 1 aromatic heterocycles. The van der Waals surface area contributed by atoms with E-state index in [1.165, 1.54) is 6.92 Å². The molecule has 0 bridgehead atoms. The van der Waals surface area contributed by atoms with Crippen LogP contribution in [0.25, 0.3) is 11.3 Å². The van der Waals surface area contributed by atoms with E-state index >= 15 is 0 Å². The minimum Gasteiger partial charge on any atom is -0.482 e. The standard InChI is InChI=1S/C16H18BrNO3/c1-9(2)14-8-16(21-18-14)13-7-12(17)5-6-15(13)20-11(4)10(3)19/h5-9,11H,1-4H3/t11-/m0/s1. The van der Waals surface area contributed by atoms with Crippen LogP contribution < -0.4 is 4.74 Å². The van der Waals surface area contributed by atoms with E-state index < -0.39 is 6.10 Å². The topological polar surface area (TPSA) is 52.3 Å². The lowest BCUT2D eigenvalue weighted by Crippen LogP contribution is -2.20. The Hall–Kier alpha value is -1.62. The molecular formula is C16H18BrNO3. The summed E-state index contributed by atoms with van der Waals surface area (Å²) in [5.41, 5.74) is 1.66. The zero-order valence-corrected chi connectivity index (χ0v) is 14.1. The first-order valence-electron chi connectivity index (χ1n) is 6.82. The van der Waals surface area contributed by atoms with E-state index in [4.69, 9.17) is 9.26 Å². The van der Waals surface area contributed by atoms with E-state index in [2.05, 4.69) is 34.9 Å². The maximum absolute atomic E-state index is 11.4. The van der Waals surface area contributed by atoms with Gasteiger partial charge in [0.25, 0.3) is 0 Å². The van der Waals surface area contributed by atoms with E-state index in [1.807, 2.05) is 24.3 Å². The molecule has 112 valence electrons. The number of Topliss-reactive ketones (excluding diaryl/α,β-unsaturated/α-hetero) is 1. The molecule has 0 saturated heterocycles. The van der Waals surface area contributed by atoms with Crippen molar-refractivity contribution < 1.29 is 14.1 Å². The summed E-state index contributed by atoms with van der Waals surface area (Å²) in [6.07, 6.45) is -0.502. The number of benzene rings is 1. The summed E-state index contributed by atoms with van der Waals surface area (Å²) < 4.78 is 12.0. The first-order valence-corrected chi connectivity index (χ1v) is 7.61. The van der Waals surface area contributed by atoms with Crippen molar-refractivity contribution in [3.05, 3.63) is 34.4 Å². The zero-order valence-electron chi connectivity index (χ0n) is 12.5. The Bertz CT molecular complexity index is 649. The van der Waals surface area contributed by atoms with Gasteiger partial charge in [0.1, 0.15) is 5.75 Å². The number of ketones is 1. The largest absolute Gasteiger partial charge is 0.482 e. The number of rotatable bonds is 5. The molecule has 0 spiro atoms. The van der Waals surface area contributed by atoms with E-state index in [0.29, 0.717) is 11.5 Å². The van der Waals surface area contributed by atoms with Crippen LogP contribution >= 0.6 is 15.9 Å². The average Bonchev–Trinajstić information content (AvgIpc) is 2.90. The van der Waals surface area contributed by atoms with E-state index in [1.54, 1.807) is 6.92 Å². The number of carbonyl (C=O) groups excluding carboxylic acids is 1. The van der Waals surface area contributed by atoms with Crippen molar-refractivity contribution >= 4 is 21.7 Å². The molecule has 1 aromatic carbocycles. The number of nitrogens with zero attached hydrogens (tertiary/aromatic N) is 1. The highest BCUT2D eigenvalue weighted by atomic mass is 79.9. The number of hydrogen-bond acceptors (Lipinski definition) is 4. The van der Waals surface area contributed by atoms with Gasteiger partial charge in [-0.15, -0.1) is 0 Å². The van der Waals surface area contributed by atoms with Gasteiger partial charge in [-0.3, -0.25) is 4.79 Å². The molecule has 1 heterocycles. The predicted octanol–water partition coefficient (Wildman–Crippen LogP) is 4.58. The van der Waals surface area contributed by atoms with Crippen LogP contribution in [0.1, 0.15) is 39.3 Å². The molecule has 4 nitrogen and oxygen atoms in total. The molecular weight excluding hydrogens is 334 g/mol. The van der Waals surface area contributed by atoms with Gasteiger partial charge in [0.05, 0.1) is 11.3 Å². The number of aromatic nitrogens is 1. The Morgan fingerprint density at radius 1 is 1.29 bits per heavy atom. The summed E-state index contributed by atoms with van der Waals surface area (Å²) >= 11 is 3.44. The van der Waals surface area contributed by atoms with Crippen LogP contribution in [0.15, 0.2) is 33.3 Å². The van der Waals surface area contributed by atoms with E-state index in [9.17, 15) is 4.79 Å². The van der Waals surface area contributed by atoms with Crippen LogP contribution in [0.5, 0.6) is 5.75 Å². The Morgan fingerprint density at radius 2 is 2.00 bits per heavy atom. The van der Waals surface area contributed by atoms with Gasteiger partial charge >= 0.3 is 0 Å². The third-order valence-electron chi connectivity index (χ3n) is 3.20. The molecule has 0 aliphatic heterocycles. The fraction of sp³-hybridized carbons (Fsp3) is 0.375. The molecule has 1 atom stereocenters. The van der Waals surface area contributed by atoms with Crippen LogP contribution in [-0.2, 0) is 4.79 Å². The second kappa shape index (κ2) is 6.43. The lowest BCUT2D eigenvalue weighted by Gasteiger charge is -2.14. The molecule has 0 amide bonds. The van der Waals surface area contributed by atoms with Crippen molar-refractivity contribution in [3.63, 3.8) is 0 Å². The Morgan fingerprint density at radius 3 is 2.57 bits per heavy atom. The minimum absolute atomic E-state index is 0.0238. The van der Waals surface area contributed by atoms with Crippen LogP contribution in [0.3, 0.4) is 0 Å². The fourth-order valence-corrected chi connectivity index (χ4v) is 2.12. The number of halogens is 1. The third-order valence-corrected chi connectivity index (χ3v) is 3.70. The molecule has 0 saturated carbocycles. The maximum Gasteiger partial charge on any atom is 0.170 e. The monoisotopic (exact) mass is 351 g/mol. The summed E-state index contributed by atoms with van der Waals surface area (Å²) in [5, 5.41) is 4.06. The van der Waals surface area contributed by atoms with Gasteiger partial charge in [0.15, 0.2) is 17.6 Å². The van der Waals surface area contributed by atoms with Crippen molar-refractivity contribution in [2.24, 2.45) is 0 Å².